The lowest BCUT2D eigenvalue weighted by molar-refractivity contribution is 0.364. The van der Waals surface area contributed by atoms with Gasteiger partial charge < -0.3 is 10.6 Å². The molecule has 5 heteroatoms. The van der Waals surface area contributed by atoms with Gasteiger partial charge in [-0.3, -0.25) is 4.57 Å². The Hall–Kier alpha value is -1.10. The molecule has 1 aromatic rings. The number of anilines is 1. The minimum absolute atomic E-state index is 0.547. The van der Waals surface area contributed by atoms with Crippen LogP contribution < -0.4 is 10.6 Å². The summed E-state index contributed by atoms with van der Waals surface area (Å²) in [5.41, 5.74) is 0. The van der Waals surface area contributed by atoms with Crippen molar-refractivity contribution in [3.8, 4) is 0 Å². The second-order valence-electron chi connectivity index (χ2n) is 4.73. The fraction of sp³-hybridized carbons (Fsp3) is 0.833. The number of nitrogens with zero attached hydrogens (tertiary/aromatic N) is 3. The zero-order chi connectivity index (χ0) is 12.3. The Morgan fingerprint density at radius 3 is 2.88 bits per heavy atom. The summed E-state index contributed by atoms with van der Waals surface area (Å²) < 4.78 is 2.21. The summed E-state index contributed by atoms with van der Waals surface area (Å²) in [5.74, 6) is 2.61. The van der Waals surface area contributed by atoms with Crippen LogP contribution in [0.2, 0.25) is 0 Å². The van der Waals surface area contributed by atoms with Crippen LogP contribution in [0.5, 0.6) is 0 Å². The summed E-state index contributed by atoms with van der Waals surface area (Å²) in [5, 5.41) is 15.4. The molecule has 2 N–H and O–H groups in total. The van der Waals surface area contributed by atoms with Crippen LogP contribution in [-0.2, 0) is 6.54 Å². The van der Waals surface area contributed by atoms with Crippen molar-refractivity contribution in [1.29, 1.82) is 0 Å². The number of hydrogen-bond donors (Lipinski definition) is 2. The summed E-state index contributed by atoms with van der Waals surface area (Å²) in [6.07, 6.45) is 2.32. The molecule has 0 amide bonds. The molecule has 1 aliphatic heterocycles. The normalized spacial score (nSPS) is 24.9. The number of aromatic nitrogens is 3. The van der Waals surface area contributed by atoms with E-state index in [1.807, 2.05) is 0 Å². The van der Waals surface area contributed by atoms with Crippen LogP contribution in [0.25, 0.3) is 0 Å². The first kappa shape index (κ1) is 12.4. The van der Waals surface area contributed by atoms with Gasteiger partial charge in [-0.25, -0.2) is 0 Å². The molecule has 96 valence electrons. The van der Waals surface area contributed by atoms with Gasteiger partial charge in [-0.2, -0.15) is 0 Å². The van der Waals surface area contributed by atoms with Gasteiger partial charge in [-0.15, -0.1) is 10.2 Å². The molecule has 0 bridgehead atoms. The Bertz CT molecular complexity index is 360. The monoisotopic (exact) mass is 237 g/mol. The average Bonchev–Trinajstić information content (AvgIpc) is 2.72. The first-order valence-electron chi connectivity index (χ1n) is 6.66. The zero-order valence-electron chi connectivity index (χ0n) is 11.0. The third-order valence-corrected chi connectivity index (χ3v) is 3.42. The summed E-state index contributed by atoms with van der Waals surface area (Å²) in [6, 6.07) is 0.582. The highest BCUT2D eigenvalue weighted by Crippen LogP contribution is 2.27. The number of hydrogen-bond acceptors (Lipinski definition) is 4. The Balaban J connectivity index is 2.19. The van der Waals surface area contributed by atoms with E-state index in [2.05, 4.69) is 46.2 Å². The average molecular weight is 237 g/mol. The Kier molecular flexibility index (Phi) is 3.99. The quantitative estimate of drug-likeness (QED) is 0.835. The molecule has 17 heavy (non-hydrogen) atoms. The molecular formula is C12H23N5. The van der Waals surface area contributed by atoms with Gasteiger partial charge in [0.25, 0.3) is 0 Å². The van der Waals surface area contributed by atoms with Gasteiger partial charge in [0.1, 0.15) is 5.82 Å². The minimum atomic E-state index is 0.547. The number of nitrogens with one attached hydrogen (secondary N) is 2. The largest absolute Gasteiger partial charge is 0.355 e. The van der Waals surface area contributed by atoms with Crippen LogP contribution in [0.15, 0.2) is 0 Å². The maximum absolute atomic E-state index is 4.39. The number of rotatable bonds is 4. The van der Waals surface area contributed by atoms with Gasteiger partial charge in [0, 0.05) is 25.0 Å². The van der Waals surface area contributed by atoms with Crippen LogP contribution >= 0.6 is 0 Å². The van der Waals surface area contributed by atoms with E-state index in [1.54, 1.807) is 0 Å². The molecule has 2 heterocycles. The topological polar surface area (TPSA) is 54.8 Å². The first-order valence-corrected chi connectivity index (χ1v) is 6.66. The third kappa shape index (κ3) is 2.60. The maximum Gasteiger partial charge on any atom is 0.224 e. The van der Waals surface area contributed by atoms with Gasteiger partial charge in [0.15, 0.2) is 0 Å². The van der Waals surface area contributed by atoms with Crippen LogP contribution in [0.3, 0.4) is 0 Å². The van der Waals surface area contributed by atoms with Crippen molar-refractivity contribution in [2.24, 2.45) is 0 Å². The fourth-order valence-electron chi connectivity index (χ4n) is 2.58. The van der Waals surface area contributed by atoms with Crippen molar-refractivity contribution in [2.45, 2.75) is 52.1 Å². The van der Waals surface area contributed by atoms with Crippen LogP contribution in [0.1, 0.15) is 45.4 Å². The molecule has 2 unspecified atom stereocenters. The molecule has 0 spiro atoms. The highest BCUT2D eigenvalue weighted by molar-refractivity contribution is 5.26. The molecule has 2 rings (SSSR count). The van der Waals surface area contributed by atoms with Crippen molar-refractivity contribution >= 4 is 5.95 Å². The van der Waals surface area contributed by atoms with E-state index in [4.69, 9.17) is 0 Å². The predicted molar refractivity (Wildman–Crippen MR) is 69.3 cm³/mol. The van der Waals surface area contributed by atoms with E-state index in [9.17, 15) is 0 Å². The first-order chi connectivity index (χ1) is 8.26. The molecular weight excluding hydrogens is 214 g/mol. The SMILES string of the molecule is CCNc1nnc(C2CCNC(C)C2)n1CC. The van der Waals surface area contributed by atoms with Crippen molar-refractivity contribution in [2.75, 3.05) is 18.4 Å². The molecule has 1 aliphatic rings. The molecule has 0 aromatic carbocycles. The smallest absolute Gasteiger partial charge is 0.224 e. The van der Waals surface area contributed by atoms with E-state index >= 15 is 0 Å². The molecule has 0 saturated carbocycles. The second kappa shape index (κ2) is 5.49. The van der Waals surface area contributed by atoms with E-state index in [-0.39, 0.29) is 0 Å². The van der Waals surface area contributed by atoms with Crippen molar-refractivity contribution in [3.63, 3.8) is 0 Å². The lowest BCUT2D eigenvalue weighted by Crippen LogP contribution is -2.35. The van der Waals surface area contributed by atoms with E-state index in [1.165, 1.54) is 0 Å². The summed E-state index contributed by atoms with van der Waals surface area (Å²) in [7, 11) is 0. The molecule has 0 radical (unpaired) electrons. The zero-order valence-corrected chi connectivity index (χ0v) is 11.0. The van der Waals surface area contributed by atoms with Gasteiger partial charge in [0.2, 0.25) is 5.95 Å². The Labute approximate surface area is 103 Å². The van der Waals surface area contributed by atoms with E-state index in [0.717, 1.165) is 44.2 Å². The molecule has 2 atom stereocenters. The van der Waals surface area contributed by atoms with Crippen LogP contribution in [0.4, 0.5) is 5.95 Å². The molecule has 1 saturated heterocycles. The second-order valence-corrected chi connectivity index (χ2v) is 4.73. The standard InChI is InChI=1S/C12H23N5/c1-4-13-12-16-15-11(17(12)5-2)10-6-7-14-9(3)8-10/h9-10,14H,4-8H2,1-3H3,(H,13,16). The van der Waals surface area contributed by atoms with Crippen molar-refractivity contribution in [3.05, 3.63) is 5.82 Å². The summed E-state index contributed by atoms with van der Waals surface area (Å²) in [6.45, 7) is 9.38. The highest BCUT2D eigenvalue weighted by atomic mass is 15.3. The van der Waals surface area contributed by atoms with Gasteiger partial charge >= 0.3 is 0 Å². The van der Waals surface area contributed by atoms with Crippen LogP contribution in [0, 0.1) is 0 Å². The summed E-state index contributed by atoms with van der Waals surface area (Å²) in [4.78, 5) is 0. The fourth-order valence-corrected chi connectivity index (χ4v) is 2.58. The Morgan fingerprint density at radius 2 is 2.24 bits per heavy atom. The van der Waals surface area contributed by atoms with Gasteiger partial charge in [0.05, 0.1) is 0 Å². The van der Waals surface area contributed by atoms with Gasteiger partial charge in [-0.1, -0.05) is 0 Å². The van der Waals surface area contributed by atoms with Crippen LogP contribution in [-0.4, -0.2) is 33.9 Å². The lowest BCUT2D eigenvalue weighted by atomic mass is 9.92. The molecule has 1 aromatic heterocycles. The molecule has 1 fully saturated rings. The van der Waals surface area contributed by atoms with Crippen molar-refractivity contribution < 1.29 is 0 Å². The third-order valence-electron chi connectivity index (χ3n) is 3.42. The minimum Gasteiger partial charge on any atom is -0.355 e. The number of piperidine rings is 1. The van der Waals surface area contributed by atoms with E-state index in [0.29, 0.717) is 12.0 Å². The maximum atomic E-state index is 4.39. The van der Waals surface area contributed by atoms with Gasteiger partial charge in [-0.05, 0) is 40.2 Å². The Morgan fingerprint density at radius 1 is 1.41 bits per heavy atom. The van der Waals surface area contributed by atoms with Crippen molar-refractivity contribution in [1.82, 2.24) is 20.1 Å². The molecule has 5 nitrogen and oxygen atoms in total. The summed E-state index contributed by atoms with van der Waals surface area (Å²) >= 11 is 0. The highest BCUT2D eigenvalue weighted by Gasteiger charge is 2.25. The lowest BCUT2D eigenvalue weighted by Gasteiger charge is -2.27. The van der Waals surface area contributed by atoms with E-state index < -0.39 is 0 Å². The predicted octanol–water partition coefficient (Wildman–Crippen LogP) is 1.59. The molecule has 0 aliphatic carbocycles.